The lowest BCUT2D eigenvalue weighted by molar-refractivity contribution is -0.111. The van der Waals surface area contributed by atoms with Gasteiger partial charge in [-0.1, -0.05) is 6.92 Å². The second-order valence-corrected chi connectivity index (χ2v) is 7.42. The fourth-order valence-corrected chi connectivity index (χ4v) is 4.41. The van der Waals surface area contributed by atoms with Gasteiger partial charge in [0, 0.05) is 11.0 Å². The number of hydrogen-bond acceptors (Lipinski definition) is 5. The number of esters is 1. The molecular weight excluding hydrogens is 338 g/mol. The summed E-state index contributed by atoms with van der Waals surface area (Å²) in [5.74, 6) is 1.29. The van der Waals surface area contributed by atoms with E-state index in [2.05, 4.69) is 12.2 Å². The van der Waals surface area contributed by atoms with Gasteiger partial charge >= 0.3 is 5.97 Å². The molecule has 1 aliphatic rings. The Hall–Kier alpha value is -2.34. The zero-order chi connectivity index (χ0) is 18.0. The lowest BCUT2D eigenvalue weighted by Crippen LogP contribution is -2.14. The molecule has 0 bridgehead atoms. The zero-order valence-corrected chi connectivity index (χ0v) is 15.4. The first-order valence-corrected chi connectivity index (χ1v) is 9.08. The van der Waals surface area contributed by atoms with E-state index in [1.165, 1.54) is 29.4 Å². The molecule has 0 fully saturated rings. The molecule has 1 aliphatic carbocycles. The molecule has 0 aromatic carbocycles. The van der Waals surface area contributed by atoms with Crippen LogP contribution in [0.15, 0.2) is 22.6 Å². The fraction of sp³-hybridized carbons (Fsp3) is 0.368. The summed E-state index contributed by atoms with van der Waals surface area (Å²) < 4.78 is 10.3. The first kappa shape index (κ1) is 17.5. The van der Waals surface area contributed by atoms with E-state index < -0.39 is 5.97 Å². The maximum atomic E-state index is 12.2. The molecule has 1 N–H and O–H groups in total. The lowest BCUT2D eigenvalue weighted by Gasteiger charge is -2.18. The number of aryl methyl sites for hydroxylation is 1. The maximum Gasteiger partial charge on any atom is 0.341 e. The van der Waals surface area contributed by atoms with Crippen molar-refractivity contribution in [3.05, 3.63) is 45.7 Å². The molecule has 1 unspecified atom stereocenters. The molecule has 1 atom stereocenters. The van der Waals surface area contributed by atoms with Gasteiger partial charge in [-0.2, -0.15) is 0 Å². The molecule has 2 aromatic heterocycles. The number of thiophene rings is 1. The Morgan fingerprint density at radius 1 is 1.40 bits per heavy atom. The van der Waals surface area contributed by atoms with Gasteiger partial charge in [0.1, 0.15) is 16.5 Å². The molecule has 0 saturated heterocycles. The van der Waals surface area contributed by atoms with E-state index in [1.807, 2.05) is 13.0 Å². The monoisotopic (exact) mass is 359 g/mol. The summed E-state index contributed by atoms with van der Waals surface area (Å²) in [6, 6.07) is 3.63. The van der Waals surface area contributed by atoms with Crippen molar-refractivity contribution in [1.82, 2.24) is 0 Å². The van der Waals surface area contributed by atoms with Gasteiger partial charge in [-0.25, -0.2) is 4.79 Å². The standard InChI is InChI=1S/C19H21NO4S/c1-11-4-8-14-15(10-11)25-18(17(14)19(22)23-3)20-16(21)9-7-13-6-5-12(2)24-13/h5-7,9,11H,4,8,10H2,1-3H3,(H,20,21)/b9-7+. The van der Waals surface area contributed by atoms with Crippen molar-refractivity contribution in [2.45, 2.75) is 33.1 Å². The average Bonchev–Trinajstić information content (AvgIpc) is 3.14. The molecule has 5 nitrogen and oxygen atoms in total. The van der Waals surface area contributed by atoms with Crippen LogP contribution >= 0.6 is 11.3 Å². The molecule has 0 radical (unpaired) electrons. The minimum absolute atomic E-state index is 0.300. The number of fused-ring (bicyclic) bond motifs is 1. The molecule has 1 amide bonds. The highest BCUT2D eigenvalue weighted by Crippen LogP contribution is 2.40. The quantitative estimate of drug-likeness (QED) is 0.656. The van der Waals surface area contributed by atoms with Crippen LogP contribution in [0.4, 0.5) is 5.00 Å². The molecule has 0 saturated carbocycles. The van der Waals surface area contributed by atoms with Gasteiger partial charge in [0.25, 0.3) is 0 Å². The highest BCUT2D eigenvalue weighted by Gasteiger charge is 2.28. The van der Waals surface area contributed by atoms with Crippen LogP contribution in [-0.2, 0) is 22.4 Å². The van der Waals surface area contributed by atoms with E-state index in [0.29, 0.717) is 22.2 Å². The largest absolute Gasteiger partial charge is 0.465 e. The molecule has 0 spiro atoms. The molecule has 132 valence electrons. The van der Waals surface area contributed by atoms with Crippen LogP contribution in [-0.4, -0.2) is 19.0 Å². The van der Waals surface area contributed by atoms with E-state index in [9.17, 15) is 9.59 Å². The van der Waals surface area contributed by atoms with E-state index in [1.54, 1.807) is 12.1 Å². The highest BCUT2D eigenvalue weighted by molar-refractivity contribution is 7.17. The van der Waals surface area contributed by atoms with Crippen LogP contribution in [0, 0.1) is 12.8 Å². The smallest absolute Gasteiger partial charge is 0.341 e. The maximum absolute atomic E-state index is 12.2. The van der Waals surface area contributed by atoms with Gasteiger partial charge in [-0.3, -0.25) is 4.79 Å². The number of methoxy groups -OCH3 is 1. The summed E-state index contributed by atoms with van der Waals surface area (Å²) >= 11 is 1.47. The van der Waals surface area contributed by atoms with Crippen molar-refractivity contribution in [2.24, 2.45) is 5.92 Å². The van der Waals surface area contributed by atoms with Gasteiger partial charge in [0.2, 0.25) is 5.91 Å². The van der Waals surface area contributed by atoms with Crippen molar-refractivity contribution in [3.8, 4) is 0 Å². The molecule has 0 aliphatic heterocycles. The number of ether oxygens (including phenoxy) is 1. The van der Waals surface area contributed by atoms with Crippen LogP contribution in [0.1, 0.15) is 45.7 Å². The topological polar surface area (TPSA) is 68.5 Å². The van der Waals surface area contributed by atoms with Gasteiger partial charge in [0.15, 0.2) is 0 Å². The Balaban J connectivity index is 1.82. The Morgan fingerprint density at radius 3 is 2.88 bits per heavy atom. The number of furan rings is 1. The third-order valence-corrected chi connectivity index (χ3v) is 5.47. The van der Waals surface area contributed by atoms with Crippen molar-refractivity contribution in [3.63, 3.8) is 0 Å². The zero-order valence-electron chi connectivity index (χ0n) is 14.5. The second kappa shape index (κ2) is 7.27. The Labute approximate surface area is 150 Å². The van der Waals surface area contributed by atoms with Gasteiger partial charge in [-0.15, -0.1) is 11.3 Å². The Kier molecular flexibility index (Phi) is 5.08. The van der Waals surface area contributed by atoms with Crippen LogP contribution < -0.4 is 5.32 Å². The highest BCUT2D eigenvalue weighted by atomic mass is 32.1. The summed E-state index contributed by atoms with van der Waals surface area (Å²) in [6.07, 6.45) is 5.82. The van der Waals surface area contributed by atoms with Crippen LogP contribution in [0.5, 0.6) is 0 Å². The Bertz CT molecular complexity index is 831. The lowest BCUT2D eigenvalue weighted by atomic mass is 9.88. The Morgan fingerprint density at radius 2 is 2.20 bits per heavy atom. The molecule has 2 heterocycles. The van der Waals surface area contributed by atoms with Crippen LogP contribution in [0.2, 0.25) is 0 Å². The van der Waals surface area contributed by atoms with Gasteiger partial charge in [-0.05, 0) is 55.9 Å². The number of anilines is 1. The third-order valence-electron chi connectivity index (χ3n) is 4.30. The van der Waals surface area contributed by atoms with Crippen molar-refractivity contribution in [2.75, 3.05) is 12.4 Å². The van der Waals surface area contributed by atoms with E-state index >= 15 is 0 Å². The van der Waals surface area contributed by atoms with Gasteiger partial charge < -0.3 is 14.5 Å². The van der Waals surface area contributed by atoms with Gasteiger partial charge in [0.05, 0.1) is 12.7 Å². The predicted molar refractivity (Wildman–Crippen MR) is 98.0 cm³/mol. The SMILES string of the molecule is COC(=O)c1c(NC(=O)/C=C/c2ccc(C)o2)sc2c1CCC(C)C2. The molecule has 3 rings (SSSR count). The average molecular weight is 359 g/mol. The summed E-state index contributed by atoms with van der Waals surface area (Å²) in [6.45, 7) is 4.05. The fourth-order valence-electron chi connectivity index (χ4n) is 3.01. The van der Waals surface area contributed by atoms with E-state index in [4.69, 9.17) is 9.15 Å². The molecular formula is C19H21NO4S. The molecule has 2 aromatic rings. The summed E-state index contributed by atoms with van der Waals surface area (Å²) in [5, 5.41) is 3.39. The number of hydrogen-bond donors (Lipinski definition) is 1. The number of nitrogens with one attached hydrogen (secondary N) is 1. The third kappa shape index (κ3) is 3.85. The summed E-state index contributed by atoms with van der Waals surface area (Å²) in [4.78, 5) is 25.6. The first-order valence-electron chi connectivity index (χ1n) is 8.26. The van der Waals surface area contributed by atoms with Crippen molar-refractivity contribution < 1.29 is 18.7 Å². The normalized spacial score (nSPS) is 16.7. The minimum atomic E-state index is -0.395. The second-order valence-electron chi connectivity index (χ2n) is 6.32. The molecule has 25 heavy (non-hydrogen) atoms. The number of carbonyl (C=O) groups excluding carboxylic acids is 2. The number of carbonyl (C=O) groups is 2. The number of amides is 1. The summed E-state index contributed by atoms with van der Waals surface area (Å²) in [5.41, 5.74) is 1.53. The van der Waals surface area contributed by atoms with Crippen LogP contribution in [0.25, 0.3) is 6.08 Å². The van der Waals surface area contributed by atoms with Crippen molar-refractivity contribution in [1.29, 1.82) is 0 Å². The van der Waals surface area contributed by atoms with Crippen molar-refractivity contribution >= 4 is 34.3 Å². The first-order chi connectivity index (χ1) is 12.0. The van der Waals surface area contributed by atoms with Crippen LogP contribution in [0.3, 0.4) is 0 Å². The van der Waals surface area contributed by atoms with E-state index in [-0.39, 0.29) is 5.91 Å². The molecule has 6 heteroatoms. The van der Waals surface area contributed by atoms with E-state index in [0.717, 1.165) is 30.6 Å². The summed E-state index contributed by atoms with van der Waals surface area (Å²) in [7, 11) is 1.36. The minimum Gasteiger partial charge on any atom is -0.465 e. The number of rotatable bonds is 4. The predicted octanol–water partition coefficient (Wildman–Crippen LogP) is 4.21.